The van der Waals surface area contributed by atoms with E-state index in [0.29, 0.717) is 15.8 Å². The van der Waals surface area contributed by atoms with Crippen LogP contribution in [0.2, 0.25) is 0 Å². The van der Waals surface area contributed by atoms with E-state index in [9.17, 15) is 4.39 Å². The molecule has 0 saturated carbocycles. The topological polar surface area (TPSA) is 47.3 Å². The SMILES string of the molecule is CC(C)Oc1ccc(Nc2cc(F)c(Br)cc2N)cc1. The zero-order valence-electron chi connectivity index (χ0n) is 11.3. The molecule has 0 unspecified atom stereocenters. The molecule has 0 radical (unpaired) electrons. The summed E-state index contributed by atoms with van der Waals surface area (Å²) >= 11 is 3.10. The Bertz CT molecular complexity index is 600. The van der Waals surface area contributed by atoms with Gasteiger partial charge in [-0.05, 0) is 60.1 Å². The van der Waals surface area contributed by atoms with E-state index >= 15 is 0 Å². The minimum atomic E-state index is -0.360. The first-order chi connectivity index (χ1) is 9.45. The summed E-state index contributed by atoms with van der Waals surface area (Å²) in [5.41, 5.74) is 7.67. The first-order valence-electron chi connectivity index (χ1n) is 6.24. The van der Waals surface area contributed by atoms with Gasteiger partial charge in [-0.3, -0.25) is 0 Å². The van der Waals surface area contributed by atoms with Gasteiger partial charge in [-0.2, -0.15) is 0 Å². The molecule has 3 N–H and O–H groups in total. The summed E-state index contributed by atoms with van der Waals surface area (Å²) in [4.78, 5) is 0. The van der Waals surface area contributed by atoms with Crippen LogP contribution in [0.3, 0.4) is 0 Å². The highest BCUT2D eigenvalue weighted by molar-refractivity contribution is 9.10. The van der Waals surface area contributed by atoms with Crippen molar-refractivity contribution < 1.29 is 9.13 Å². The average molecular weight is 339 g/mol. The normalized spacial score (nSPS) is 10.7. The molecular weight excluding hydrogens is 323 g/mol. The lowest BCUT2D eigenvalue weighted by Crippen LogP contribution is -2.05. The molecule has 0 heterocycles. The van der Waals surface area contributed by atoms with Crippen molar-refractivity contribution in [2.45, 2.75) is 20.0 Å². The molecule has 5 heteroatoms. The van der Waals surface area contributed by atoms with Gasteiger partial charge in [0.15, 0.2) is 0 Å². The van der Waals surface area contributed by atoms with E-state index in [0.717, 1.165) is 11.4 Å². The minimum absolute atomic E-state index is 0.130. The highest BCUT2D eigenvalue weighted by Crippen LogP contribution is 2.29. The molecular formula is C15H16BrFN2O. The third-order valence-electron chi connectivity index (χ3n) is 2.60. The Kier molecular flexibility index (Phi) is 4.49. The molecule has 0 aliphatic heterocycles. The van der Waals surface area contributed by atoms with Crippen molar-refractivity contribution >= 4 is 33.0 Å². The largest absolute Gasteiger partial charge is 0.491 e. The molecule has 0 atom stereocenters. The monoisotopic (exact) mass is 338 g/mol. The fourth-order valence-corrected chi connectivity index (χ4v) is 2.08. The van der Waals surface area contributed by atoms with Crippen LogP contribution < -0.4 is 15.8 Å². The number of anilines is 3. The third-order valence-corrected chi connectivity index (χ3v) is 3.21. The lowest BCUT2D eigenvalue weighted by molar-refractivity contribution is 0.242. The number of benzene rings is 2. The predicted octanol–water partition coefficient (Wildman–Crippen LogP) is 4.70. The molecule has 20 heavy (non-hydrogen) atoms. The summed E-state index contributed by atoms with van der Waals surface area (Å²) < 4.78 is 19.4. The second kappa shape index (κ2) is 6.13. The Hall–Kier alpha value is -1.75. The molecule has 0 aliphatic rings. The summed E-state index contributed by atoms with van der Waals surface area (Å²) in [7, 11) is 0. The van der Waals surface area contributed by atoms with Crippen LogP contribution >= 0.6 is 15.9 Å². The number of hydrogen-bond donors (Lipinski definition) is 2. The van der Waals surface area contributed by atoms with Gasteiger partial charge in [0.1, 0.15) is 11.6 Å². The molecule has 0 fully saturated rings. The van der Waals surface area contributed by atoms with E-state index in [4.69, 9.17) is 10.5 Å². The van der Waals surface area contributed by atoms with Gasteiger partial charge in [-0.15, -0.1) is 0 Å². The van der Waals surface area contributed by atoms with Crippen molar-refractivity contribution in [3.8, 4) is 5.75 Å². The standard InChI is InChI=1S/C15H16BrFN2O/c1-9(2)20-11-5-3-10(4-6-11)19-15-8-13(17)12(16)7-14(15)18/h3-9,19H,18H2,1-2H3. The van der Waals surface area contributed by atoms with Crippen LogP contribution in [0.15, 0.2) is 40.9 Å². The van der Waals surface area contributed by atoms with Crippen molar-refractivity contribution in [2.75, 3.05) is 11.1 Å². The van der Waals surface area contributed by atoms with Crippen molar-refractivity contribution in [1.82, 2.24) is 0 Å². The van der Waals surface area contributed by atoms with Crippen LogP contribution in [0.4, 0.5) is 21.5 Å². The van der Waals surface area contributed by atoms with E-state index in [-0.39, 0.29) is 11.9 Å². The molecule has 0 aliphatic carbocycles. The van der Waals surface area contributed by atoms with Gasteiger partial charge in [-0.25, -0.2) is 4.39 Å². The summed E-state index contributed by atoms with van der Waals surface area (Å²) in [5.74, 6) is 0.432. The van der Waals surface area contributed by atoms with Gasteiger partial charge in [-0.1, -0.05) is 0 Å². The lowest BCUT2D eigenvalue weighted by Gasteiger charge is -2.12. The molecule has 0 amide bonds. The van der Waals surface area contributed by atoms with Gasteiger partial charge < -0.3 is 15.8 Å². The van der Waals surface area contributed by atoms with Crippen molar-refractivity contribution in [2.24, 2.45) is 0 Å². The molecule has 2 aromatic carbocycles. The Labute approximate surface area is 126 Å². The van der Waals surface area contributed by atoms with Crippen molar-refractivity contribution in [3.63, 3.8) is 0 Å². The van der Waals surface area contributed by atoms with E-state index in [1.54, 1.807) is 0 Å². The number of nitrogen functional groups attached to an aromatic ring is 1. The molecule has 106 valence electrons. The maximum Gasteiger partial charge on any atom is 0.139 e. The Morgan fingerprint density at radius 1 is 1.20 bits per heavy atom. The highest BCUT2D eigenvalue weighted by Gasteiger charge is 2.06. The molecule has 0 spiro atoms. The molecule has 0 aromatic heterocycles. The first kappa shape index (κ1) is 14.7. The second-order valence-corrected chi connectivity index (χ2v) is 5.52. The molecule has 2 rings (SSSR count). The van der Waals surface area contributed by atoms with E-state index in [2.05, 4.69) is 21.2 Å². The van der Waals surface area contributed by atoms with Crippen LogP contribution in [-0.4, -0.2) is 6.10 Å². The van der Waals surface area contributed by atoms with Crippen molar-refractivity contribution in [3.05, 3.63) is 46.7 Å². The Balaban J connectivity index is 2.16. The minimum Gasteiger partial charge on any atom is -0.491 e. The average Bonchev–Trinajstić information content (AvgIpc) is 2.37. The third kappa shape index (κ3) is 3.63. The fraction of sp³-hybridized carbons (Fsp3) is 0.200. The smallest absolute Gasteiger partial charge is 0.139 e. The van der Waals surface area contributed by atoms with Crippen LogP contribution in [-0.2, 0) is 0 Å². The molecule has 2 aromatic rings. The number of halogens is 2. The van der Waals surface area contributed by atoms with E-state index < -0.39 is 0 Å². The second-order valence-electron chi connectivity index (χ2n) is 4.67. The number of ether oxygens (including phenoxy) is 1. The Morgan fingerprint density at radius 2 is 1.85 bits per heavy atom. The quantitative estimate of drug-likeness (QED) is 0.794. The van der Waals surface area contributed by atoms with Crippen LogP contribution in [0, 0.1) is 5.82 Å². The summed E-state index contributed by atoms with van der Waals surface area (Å²) in [6.45, 7) is 3.94. The Morgan fingerprint density at radius 3 is 2.45 bits per heavy atom. The summed E-state index contributed by atoms with van der Waals surface area (Å²) in [6.07, 6.45) is 0.130. The van der Waals surface area contributed by atoms with E-state index in [1.807, 2.05) is 38.1 Å². The molecule has 3 nitrogen and oxygen atoms in total. The number of rotatable bonds is 4. The lowest BCUT2D eigenvalue weighted by atomic mass is 10.2. The molecule has 0 saturated heterocycles. The molecule has 0 bridgehead atoms. The van der Waals surface area contributed by atoms with Gasteiger partial charge in [0.25, 0.3) is 0 Å². The fourth-order valence-electron chi connectivity index (χ4n) is 1.71. The predicted molar refractivity (Wildman–Crippen MR) is 84.0 cm³/mol. The highest BCUT2D eigenvalue weighted by atomic mass is 79.9. The maximum atomic E-state index is 13.5. The zero-order chi connectivity index (χ0) is 14.7. The van der Waals surface area contributed by atoms with Crippen molar-refractivity contribution in [1.29, 1.82) is 0 Å². The van der Waals surface area contributed by atoms with Gasteiger partial charge in [0, 0.05) is 11.8 Å². The number of nitrogens with one attached hydrogen (secondary N) is 1. The first-order valence-corrected chi connectivity index (χ1v) is 7.03. The van der Waals surface area contributed by atoms with Gasteiger partial charge >= 0.3 is 0 Å². The van der Waals surface area contributed by atoms with Gasteiger partial charge in [0.05, 0.1) is 22.0 Å². The van der Waals surface area contributed by atoms with Crippen LogP contribution in [0.25, 0.3) is 0 Å². The number of nitrogens with two attached hydrogens (primary N) is 1. The van der Waals surface area contributed by atoms with Gasteiger partial charge in [0.2, 0.25) is 0 Å². The maximum absolute atomic E-state index is 13.5. The van der Waals surface area contributed by atoms with Crippen LogP contribution in [0.1, 0.15) is 13.8 Å². The van der Waals surface area contributed by atoms with Crippen LogP contribution in [0.5, 0.6) is 5.75 Å². The summed E-state index contributed by atoms with van der Waals surface area (Å²) in [5, 5.41) is 3.08. The number of hydrogen-bond acceptors (Lipinski definition) is 3. The summed E-state index contributed by atoms with van der Waals surface area (Å²) in [6, 6.07) is 10.3. The zero-order valence-corrected chi connectivity index (χ0v) is 12.9. The van der Waals surface area contributed by atoms with E-state index in [1.165, 1.54) is 12.1 Å².